The second-order valence-electron chi connectivity index (χ2n) is 4.24. The Morgan fingerprint density at radius 1 is 1.17 bits per heavy atom. The molecule has 0 radical (unpaired) electrons. The number of rotatable bonds is 6. The van der Waals surface area contributed by atoms with E-state index in [-0.39, 0.29) is 5.75 Å². The van der Waals surface area contributed by atoms with E-state index in [2.05, 4.69) is 14.2 Å². The average Bonchev–Trinajstić information content (AvgIpc) is 2.56. The van der Waals surface area contributed by atoms with Crippen LogP contribution in [0.1, 0.15) is 0 Å². The van der Waals surface area contributed by atoms with Crippen LogP contribution in [0.3, 0.4) is 0 Å². The molecule has 0 bridgehead atoms. The molecule has 0 aliphatic heterocycles. The van der Waals surface area contributed by atoms with Crippen molar-refractivity contribution in [2.45, 2.75) is 11.5 Å². The first-order valence-corrected chi connectivity index (χ1v) is 7.70. The van der Waals surface area contributed by atoms with Crippen molar-refractivity contribution < 1.29 is 27.8 Å². The van der Waals surface area contributed by atoms with Gasteiger partial charge in [0.05, 0.1) is 12.1 Å². The Hall–Kier alpha value is -2.19. The van der Waals surface area contributed by atoms with Crippen LogP contribution in [0.2, 0.25) is 5.02 Å². The number of hydrogen-bond donors (Lipinski definition) is 1. The van der Waals surface area contributed by atoms with Gasteiger partial charge >= 0.3 is 12.7 Å². The lowest BCUT2D eigenvalue weighted by Gasteiger charge is -2.10. The van der Waals surface area contributed by atoms with Crippen LogP contribution in [0, 0.1) is 0 Å². The molecule has 24 heavy (non-hydrogen) atoms. The molecule has 2 aromatic carbocycles. The molecular weight excluding hydrogens is 364 g/mol. The smallest absolute Gasteiger partial charge is 0.417 e. The number of halogens is 3. The number of methoxy groups -OCH3 is 1. The summed E-state index contributed by atoms with van der Waals surface area (Å²) in [5.74, 6) is 0.817. The highest BCUT2D eigenvalue weighted by Gasteiger charge is 2.08. The van der Waals surface area contributed by atoms with Gasteiger partial charge in [0, 0.05) is 4.90 Å². The molecule has 2 rings (SSSR count). The van der Waals surface area contributed by atoms with E-state index in [1.165, 1.54) is 31.4 Å². The average molecular weight is 376 g/mol. The SMILES string of the molecule is COC(=O)NSc1ccc(Oc2ccc(OC(F)F)cc2)c(Cl)c1. The third-order valence-corrected chi connectivity index (χ3v) is 3.67. The molecule has 0 fully saturated rings. The largest absolute Gasteiger partial charge is 0.456 e. The maximum absolute atomic E-state index is 12.1. The minimum atomic E-state index is -2.88. The Morgan fingerprint density at radius 3 is 2.42 bits per heavy atom. The Bertz CT molecular complexity index is 700. The van der Waals surface area contributed by atoms with E-state index in [4.69, 9.17) is 16.3 Å². The first-order chi connectivity index (χ1) is 11.5. The van der Waals surface area contributed by atoms with Crippen LogP contribution in [-0.4, -0.2) is 19.8 Å². The van der Waals surface area contributed by atoms with Crippen molar-refractivity contribution in [2.75, 3.05) is 7.11 Å². The molecule has 1 amide bonds. The minimum absolute atomic E-state index is 0.0316. The normalized spacial score (nSPS) is 10.4. The number of benzene rings is 2. The molecular formula is C15H12ClF2NO4S. The molecule has 0 heterocycles. The molecule has 2 aromatic rings. The van der Waals surface area contributed by atoms with Crippen molar-refractivity contribution in [1.82, 2.24) is 4.72 Å². The summed E-state index contributed by atoms with van der Waals surface area (Å²) in [6.45, 7) is -2.88. The third-order valence-electron chi connectivity index (χ3n) is 2.62. The van der Waals surface area contributed by atoms with Gasteiger partial charge < -0.3 is 14.2 Å². The fourth-order valence-electron chi connectivity index (χ4n) is 1.59. The van der Waals surface area contributed by atoms with Crippen LogP contribution in [0.5, 0.6) is 17.2 Å². The number of ether oxygens (including phenoxy) is 3. The summed E-state index contributed by atoms with van der Waals surface area (Å²) < 4.78 is 40.9. The van der Waals surface area contributed by atoms with Crippen molar-refractivity contribution >= 4 is 29.6 Å². The van der Waals surface area contributed by atoms with Crippen molar-refractivity contribution in [2.24, 2.45) is 0 Å². The fraction of sp³-hybridized carbons (Fsp3) is 0.133. The number of carbonyl (C=O) groups is 1. The van der Waals surface area contributed by atoms with E-state index in [0.29, 0.717) is 21.4 Å². The molecule has 9 heteroatoms. The summed E-state index contributed by atoms with van der Waals surface area (Å²) >= 11 is 7.16. The summed E-state index contributed by atoms with van der Waals surface area (Å²) in [5, 5.41) is 0.319. The van der Waals surface area contributed by atoms with E-state index in [9.17, 15) is 13.6 Å². The summed E-state index contributed by atoms with van der Waals surface area (Å²) in [7, 11) is 1.26. The Balaban J connectivity index is 2.00. The third kappa shape index (κ3) is 5.47. The summed E-state index contributed by atoms with van der Waals surface area (Å²) in [6, 6.07) is 10.6. The van der Waals surface area contributed by atoms with Gasteiger partial charge in [-0.25, -0.2) is 4.79 Å². The van der Waals surface area contributed by atoms with Crippen molar-refractivity contribution in [3.05, 3.63) is 47.5 Å². The Labute approximate surface area is 146 Å². The van der Waals surface area contributed by atoms with E-state index in [1.807, 2.05) is 0 Å². The van der Waals surface area contributed by atoms with Crippen LogP contribution >= 0.6 is 23.5 Å². The lowest BCUT2D eigenvalue weighted by atomic mass is 10.3. The molecule has 0 aromatic heterocycles. The van der Waals surface area contributed by atoms with Crippen LogP contribution in [0.15, 0.2) is 47.4 Å². The second-order valence-corrected chi connectivity index (χ2v) is 5.53. The number of hydrogen-bond acceptors (Lipinski definition) is 5. The van der Waals surface area contributed by atoms with Gasteiger partial charge in [0.1, 0.15) is 17.2 Å². The lowest BCUT2D eigenvalue weighted by Crippen LogP contribution is -2.14. The fourth-order valence-corrected chi connectivity index (χ4v) is 2.47. The van der Waals surface area contributed by atoms with Crippen LogP contribution in [0.4, 0.5) is 13.6 Å². The molecule has 1 N–H and O–H groups in total. The standard InChI is InChI=1S/C15H12ClF2NO4S/c1-21-15(20)19-24-11-6-7-13(12(16)8-11)22-9-2-4-10(5-3-9)23-14(17)18/h2-8,14H,1H3,(H,19,20). The number of carbonyl (C=O) groups excluding carboxylic acids is 1. The highest BCUT2D eigenvalue weighted by atomic mass is 35.5. The highest BCUT2D eigenvalue weighted by molar-refractivity contribution is 7.98. The van der Waals surface area contributed by atoms with Crippen molar-refractivity contribution in [3.63, 3.8) is 0 Å². The summed E-state index contributed by atoms with van der Waals surface area (Å²) in [5.41, 5.74) is 0. The van der Waals surface area contributed by atoms with Gasteiger partial charge in [-0.15, -0.1) is 0 Å². The van der Waals surface area contributed by atoms with Gasteiger partial charge in [-0.2, -0.15) is 8.78 Å². The maximum Gasteiger partial charge on any atom is 0.417 e. The molecule has 0 unspecified atom stereocenters. The van der Waals surface area contributed by atoms with E-state index in [0.717, 1.165) is 11.9 Å². The summed E-state index contributed by atoms with van der Waals surface area (Å²) in [6.07, 6.45) is -0.581. The monoisotopic (exact) mass is 375 g/mol. The molecule has 0 aliphatic rings. The number of alkyl halides is 2. The molecule has 0 spiro atoms. The molecule has 5 nitrogen and oxygen atoms in total. The molecule has 0 saturated heterocycles. The van der Waals surface area contributed by atoms with Gasteiger partial charge in [-0.3, -0.25) is 4.72 Å². The van der Waals surface area contributed by atoms with E-state index in [1.54, 1.807) is 18.2 Å². The zero-order valence-corrected chi connectivity index (χ0v) is 13.9. The zero-order chi connectivity index (χ0) is 17.5. The highest BCUT2D eigenvalue weighted by Crippen LogP contribution is 2.33. The first kappa shape index (κ1) is 18.2. The zero-order valence-electron chi connectivity index (χ0n) is 12.3. The quantitative estimate of drug-likeness (QED) is 0.712. The number of nitrogens with one attached hydrogen (secondary N) is 1. The second kappa shape index (κ2) is 8.60. The van der Waals surface area contributed by atoms with Gasteiger partial charge in [0.15, 0.2) is 0 Å². The predicted octanol–water partition coefficient (Wildman–Crippen LogP) is 5.10. The van der Waals surface area contributed by atoms with Crippen molar-refractivity contribution in [1.29, 1.82) is 0 Å². The number of amides is 1. The first-order valence-electron chi connectivity index (χ1n) is 6.51. The minimum Gasteiger partial charge on any atom is -0.456 e. The molecule has 0 aliphatic carbocycles. The predicted molar refractivity (Wildman–Crippen MR) is 86.0 cm³/mol. The molecule has 0 saturated carbocycles. The van der Waals surface area contributed by atoms with E-state index < -0.39 is 12.7 Å². The van der Waals surface area contributed by atoms with Crippen LogP contribution in [0.25, 0.3) is 0 Å². The van der Waals surface area contributed by atoms with Crippen molar-refractivity contribution in [3.8, 4) is 17.2 Å². The lowest BCUT2D eigenvalue weighted by molar-refractivity contribution is -0.0498. The van der Waals surface area contributed by atoms with Gasteiger partial charge in [-0.05, 0) is 54.4 Å². The van der Waals surface area contributed by atoms with E-state index >= 15 is 0 Å². The van der Waals surface area contributed by atoms with Gasteiger partial charge in [0.2, 0.25) is 0 Å². The van der Waals surface area contributed by atoms with Gasteiger partial charge in [-0.1, -0.05) is 11.6 Å². The maximum atomic E-state index is 12.1. The Morgan fingerprint density at radius 2 is 1.83 bits per heavy atom. The van der Waals surface area contributed by atoms with Gasteiger partial charge in [0.25, 0.3) is 0 Å². The Kier molecular flexibility index (Phi) is 6.51. The molecule has 128 valence electrons. The van der Waals surface area contributed by atoms with Crippen LogP contribution < -0.4 is 14.2 Å². The molecule has 0 atom stereocenters. The van der Waals surface area contributed by atoms with Crippen LogP contribution in [-0.2, 0) is 4.74 Å². The topological polar surface area (TPSA) is 56.8 Å². The summed E-state index contributed by atoms with van der Waals surface area (Å²) in [4.78, 5) is 11.7.